The molecular weight excluding hydrogens is 164 g/mol. The first kappa shape index (κ1) is 8.44. The molecule has 1 aliphatic rings. The van der Waals surface area contributed by atoms with Gasteiger partial charge >= 0.3 is 0 Å². The van der Waals surface area contributed by atoms with Gasteiger partial charge in [-0.1, -0.05) is 0 Å². The molecule has 1 aromatic rings. The van der Waals surface area contributed by atoms with E-state index in [1.54, 1.807) is 6.20 Å². The molecule has 0 bridgehead atoms. The Bertz CT molecular complexity index is 268. The van der Waals surface area contributed by atoms with Crippen LogP contribution in [0, 0.1) is 5.41 Å². The number of hydrogen-bond acceptors (Lipinski definition) is 4. The molecule has 1 fully saturated rings. The maximum absolute atomic E-state index is 5.66. The van der Waals surface area contributed by atoms with Gasteiger partial charge in [0.15, 0.2) is 0 Å². The smallest absolute Gasteiger partial charge is 0.148 e. The van der Waals surface area contributed by atoms with Crippen LogP contribution in [0.2, 0.25) is 0 Å². The molecule has 0 atom stereocenters. The zero-order valence-electron chi connectivity index (χ0n) is 7.53. The predicted octanol–water partition coefficient (Wildman–Crippen LogP) is 0.627. The van der Waals surface area contributed by atoms with Crippen molar-refractivity contribution >= 4 is 5.82 Å². The lowest BCUT2D eigenvalue weighted by molar-refractivity contribution is 0.554. The topological polar surface area (TPSA) is 63.8 Å². The minimum Gasteiger partial charge on any atom is -0.368 e. The number of nitrogens with zero attached hydrogens (tertiary/aromatic N) is 2. The first-order valence-corrected chi connectivity index (χ1v) is 4.56. The number of nitrogens with two attached hydrogens (primary N) is 1. The van der Waals surface area contributed by atoms with Crippen LogP contribution in [0.25, 0.3) is 0 Å². The van der Waals surface area contributed by atoms with Gasteiger partial charge in [-0.3, -0.25) is 0 Å². The van der Waals surface area contributed by atoms with Gasteiger partial charge in [0.1, 0.15) is 5.82 Å². The van der Waals surface area contributed by atoms with Gasteiger partial charge in [-0.2, -0.15) is 5.10 Å². The summed E-state index contributed by atoms with van der Waals surface area (Å²) < 4.78 is 0. The van der Waals surface area contributed by atoms with Gasteiger partial charge in [0.05, 0.1) is 0 Å². The van der Waals surface area contributed by atoms with E-state index in [0.717, 1.165) is 18.9 Å². The van der Waals surface area contributed by atoms with Gasteiger partial charge in [-0.25, -0.2) is 0 Å². The summed E-state index contributed by atoms with van der Waals surface area (Å²) >= 11 is 0. The van der Waals surface area contributed by atoms with E-state index in [-0.39, 0.29) is 0 Å². The van der Waals surface area contributed by atoms with E-state index in [1.165, 1.54) is 12.8 Å². The Kier molecular flexibility index (Phi) is 2.14. The zero-order chi connectivity index (χ0) is 9.15. The molecular formula is C9H14N4. The van der Waals surface area contributed by atoms with Crippen molar-refractivity contribution in [1.29, 1.82) is 0 Å². The Morgan fingerprint density at radius 1 is 1.54 bits per heavy atom. The lowest BCUT2D eigenvalue weighted by atomic mass is 10.1. The molecule has 1 aliphatic carbocycles. The van der Waals surface area contributed by atoms with Gasteiger partial charge < -0.3 is 11.1 Å². The predicted molar refractivity (Wildman–Crippen MR) is 51.2 cm³/mol. The molecule has 1 heterocycles. The summed E-state index contributed by atoms with van der Waals surface area (Å²) in [4.78, 5) is 0. The molecule has 0 amide bonds. The second-order valence-corrected chi connectivity index (χ2v) is 3.67. The van der Waals surface area contributed by atoms with E-state index >= 15 is 0 Å². The first-order valence-electron chi connectivity index (χ1n) is 4.56. The van der Waals surface area contributed by atoms with Gasteiger partial charge in [0.2, 0.25) is 0 Å². The molecule has 3 N–H and O–H groups in total. The highest BCUT2D eigenvalue weighted by molar-refractivity contribution is 5.32. The maximum atomic E-state index is 5.66. The Morgan fingerprint density at radius 3 is 2.92 bits per heavy atom. The molecule has 4 nitrogen and oxygen atoms in total. The minimum absolute atomic E-state index is 0.345. The van der Waals surface area contributed by atoms with Crippen LogP contribution >= 0.6 is 0 Å². The van der Waals surface area contributed by atoms with Crippen LogP contribution in [0.3, 0.4) is 0 Å². The van der Waals surface area contributed by atoms with Crippen molar-refractivity contribution in [3.8, 4) is 0 Å². The Hall–Kier alpha value is -1.16. The summed E-state index contributed by atoms with van der Waals surface area (Å²) in [5.41, 5.74) is 6.00. The fourth-order valence-corrected chi connectivity index (χ4v) is 1.30. The third-order valence-electron chi connectivity index (χ3n) is 2.61. The Labute approximate surface area is 77.5 Å². The van der Waals surface area contributed by atoms with E-state index in [9.17, 15) is 0 Å². The van der Waals surface area contributed by atoms with Crippen molar-refractivity contribution in [3.63, 3.8) is 0 Å². The van der Waals surface area contributed by atoms with Crippen molar-refractivity contribution < 1.29 is 0 Å². The standard InChI is InChI=1S/C9H14N4/c10-6-9(3-4-9)7-11-8-2-1-5-12-13-8/h1-2,5H,3-4,6-7,10H2,(H,11,13). The largest absolute Gasteiger partial charge is 0.368 e. The number of rotatable bonds is 4. The van der Waals surface area contributed by atoms with Crippen LogP contribution in [-0.4, -0.2) is 23.3 Å². The van der Waals surface area contributed by atoms with Gasteiger partial charge in [-0.05, 0) is 36.9 Å². The second-order valence-electron chi connectivity index (χ2n) is 3.67. The van der Waals surface area contributed by atoms with Crippen LogP contribution < -0.4 is 11.1 Å². The molecule has 0 radical (unpaired) electrons. The Morgan fingerprint density at radius 2 is 2.38 bits per heavy atom. The Balaban J connectivity index is 1.86. The molecule has 0 saturated heterocycles. The normalized spacial score (nSPS) is 18.2. The summed E-state index contributed by atoms with van der Waals surface area (Å²) in [6, 6.07) is 3.79. The second kappa shape index (κ2) is 3.30. The third kappa shape index (κ3) is 1.95. The van der Waals surface area contributed by atoms with Crippen LogP contribution in [0.15, 0.2) is 18.3 Å². The van der Waals surface area contributed by atoms with Gasteiger partial charge in [0, 0.05) is 12.7 Å². The summed E-state index contributed by atoms with van der Waals surface area (Å²) in [5, 5.41) is 11.0. The average molecular weight is 178 g/mol. The maximum Gasteiger partial charge on any atom is 0.148 e. The molecule has 2 rings (SSSR count). The highest BCUT2D eigenvalue weighted by Gasteiger charge is 2.40. The van der Waals surface area contributed by atoms with Crippen molar-refractivity contribution in [2.75, 3.05) is 18.4 Å². The quantitative estimate of drug-likeness (QED) is 0.709. The van der Waals surface area contributed by atoms with E-state index in [4.69, 9.17) is 5.73 Å². The van der Waals surface area contributed by atoms with Crippen molar-refractivity contribution in [2.45, 2.75) is 12.8 Å². The number of anilines is 1. The fraction of sp³-hybridized carbons (Fsp3) is 0.556. The summed E-state index contributed by atoms with van der Waals surface area (Å²) in [5.74, 6) is 0.835. The van der Waals surface area contributed by atoms with E-state index in [2.05, 4.69) is 15.5 Å². The summed E-state index contributed by atoms with van der Waals surface area (Å²) in [6.45, 7) is 1.68. The van der Waals surface area contributed by atoms with Gasteiger partial charge in [-0.15, -0.1) is 5.10 Å². The van der Waals surface area contributed by atoms with Crippen molar-refractivity contribution in [3.05, 3.63) is 18.3 Å². The lowest BCUT2D eigenvalue weighted by Gasteiger charge is -2.12. The molecule has 13 heavy (non-hydrogen) atoms. The lowest BCUT2D eigenvalue weighted by Crippen LogP contribution is -2.24. The molecule has 0 unspecified atom stereocenters. The summed E-state index contributed by atoms with van der Waals surface area (Å²) in [6.07, 6.45) is 4.13. The van der Waals surface area contributed by atoms with Crippen LogP contribution in [0.5, 0.6) is 0 Å². The fourth-order valence-electron chi connectivity index (χ4n) is 1.30. The van der Waals surface area contributed by atoms with Crippen molar-refractivity contribution in [2.24, 2.45) is 11.1 Å². The molecule has 0 aliphatic heterocycles. The number of aromatic nitrogens is 2. The minimum atomic E-state index is 0.345. The molecule has 4 heteroatoms. The van der Waals surface area contributed by atoms with Crippen LogP contribution in [0.4, 0.5) is 5.82 Å². The summed E-state index contributed by atoms with van der Waals surface area (Å²) in [7, 11) is 0. The number of hydrogen-bond donors (Lipinski definition) is 2. The van der Waals surface area contributed by atoms with E-state index in [0.29, 0.717) is 5.41 Å². The van der Waals surface area contributed by atoms with Crippen molar-refractivity contribution in [1.82, 2.24) is 10.2 Å². The molecule has 70 valence electrons. The highest BCUT2D eigenvalue weighted by Crippen LogP contribution is 2.44. The monoisotopic (exact) mass is 178 g/mol. The van der Waals surface area contributed by atoms with Crippen LogP contribution in [0.1, 0.15) is 12.8 Å². The average Bonchev–Trinajstić information content (AvgIpc) is 2.97. The van der Waals surface area contributed by atoms with E-state index < -0.39 is 0 Å². The molecule has 0 aromatic carbocycles. The molecule has 1 aromatic heterocycles. The SMILES string of the molecule is NCC1(CNc2cccnn2)CC1. The third-order valence-corrected chi connectivity index (χ3v) is 2.61. The molecule has 1 saturated carbocycles. The number of nitrogens with one attached hydrogen (secondary N) is 1. The van der Waals surface area contributed by atoms with Gasteiger partial charge in [0.25, 0.3) is 0 Å². The molecule has 0 spiro atoms. The first-order chi connectivity index (χ1) is 6.35. The zero-order valence-corrected chi connectivity index (χ0v) is 7.53. The highest BCUT2D eigenvalue weighted by atomic mass is 15.2. The van der Waals surface area contributed by atoms with Crippen LogP contribution in [-0.2, 0) is 0 Å². The van der Waals surface area contributed by atoms with E-state index in [1.807, 2.05) is 12.1 Å².